The first kappa shape index (κ1) is 14.3. The van der Waals surface area contributed by atoms with E-state index in [1.54, 1.807) is 30.5 Å². The number of aryl methyl sites for hydroxylation is 1. The summed E-state index contributed by atoms with van der Waals surface area (Å²) in [7, 11) is 0. The molecule has 0 radical (unpaired) electrons. The van der Waals surface area contributed by atoms with E-state index in [0.717, 1.165) is 11.1 Å². The summed E-state index contributed by atoms with van der Waals surface area (Å²) in [6, 6.07) is 11.9. The van der Waals surface area contributed by atoms with Crippen LogP contribution in [0.5, 0.6) is 0 Å². The van der Waals surface area contributed by atoms with Gasteiger partial charge in [-0.3, -0.25) is 4.79 Å². The van der Waals surface area contributed by atoms with Crippen molar-refractivity contribution in [3.8, 4) is 0 Å². The Bertz CT molecular complexity index is 859. The highest BCUT2D eigenvalue weighted by atomic mass is 19.1. The van der Waals surface area contributed by atoms with Crippen LogP contribution in [0.15, 0.2) is 61.3 Å². The molecule has 0 spiro atoms. The van der Waals surface area contributed by atoms with Gasteiger partial charge in [0.05, 0.1) is 0 Å². The second kappa shape index (κ2) is 5.60. The zero-order chi connectivity index (χ0) is 15.7. The molecule has 1 aromatic heterocycles. The highest BCUT2D eigenvalue weighted by Crippen LogP contribution is 2.25. The van der Waals surface area contributed by atoms with Gasteiger partial charge in [-0.15, -0.1) is 6.58 Å². The molecule has 0 saturated carbocycles. The topological polar surface area (TPSA) is 22.0 Å². The van der Waals surface area contributed by atoms with Gasteiger partial charge >= 0.3 is 0 Å². The standard InChI is InChI=1S/C19H16FNO/c1-3-10-21-12-17(16-11-15(20)8-9-18(16)21)19(22)14-6-4-13(2)5-7-14/h3-9,11-12H,1,10H2,2H3. The van der Waals surface area contributed by atoms with Gasteiger partial charge in [0.25, 0.3) is 0 Å². The van der Waals surface area contributed by atoms with Crippen molar-refractivity contribution in [3.05, 3.63) is 83.8 Å². The van der Waals surface area contributed by atoms with E-state index in [2.05, 4.69) is 6.58 Å². The van der Waals surface area contributed by atoms with Crippen LogP contribution >= 0.6 is 0 Å². The molecule has 0 aliphatic heterocycles. The van der Waals surface area contributed by atoms with E-state index in [4.69, 9.17) is 0 Å². The summed E-state index contributed by atoms with van der Waals surface area (Å²) in [5.41, 5.74) is 3.04. The second-order valence-electron chi connectivity index (χ2n) is 5.34. The summed E-state index contributed by atoms with van der Waals surface area (Å²) in [5.74, 6) is -0.444. The quantitative estimate of drug-likeness (QED) is 0.512. The maximum absolute atomic E-state index is 13.6. The summed E-state index contributed by atoms with van der Waals surface area (Å²) in [4.78, 5) is 12.7. The van der Waals surface area contributed by atoms with Crippen LogP contribution in [0.1, 0.15) is 21.5 Å². The summed E-state index contributed by atoms with van der Waals surface area (Å²) >= 11 is 0. The number of hydrogen-bond acceptors (Lipinski definition) is 1. The average molecular weight is 293 g/mol. The van der Waals surface area contributed by atoms with Crippen LogP contribution < -0.4 is 0 Å². The molecule has 0 saturated heterocycles. The Hall–Kier alpha value is -2.68. The molecule has 3 aromatic rings. The third-order valence-corrected chi connectivity index (χ3v) is 3.73. The van der Waals surface area contributed by atoms with Crippen molar-refractivity contribution in [3.63, 3.8) is 0 Å². The molecular formula is C19H16FNO. The van der Waals surface area contributed by atoms with E-state index >= 15 is 0 Å². The maximum atomic E-state index is 13.6. The average Bonchev–Trinajstić information content (AvgIpc) is 2.86. The number of hydrogen-bond donors (Lipinski definition) is 0. The first-order valence-electron chi connectivity index (χ1n) is 7.11. The predicted molar refractivity (Wildman–Crippen MR) is 86.7 cm³/mol. The Morgan fingerprint density at radius 1 is 1.23 bits per heavy atom. The fourth-order valence-corrected chi connectivity index (χ4v) is 2.60. The molecule has 0 aliphatic carbocycles. The molecule has 2 nitrogen and oxygen atoms in total. The van der Waals surface area contributed by atoms with Gasteiger partial charge in [0.1, 0.15) is 5.82 Å². The van der Waals surface area contributed by atoms with Crippen LogP contribution in [-0.4, -0.2) is 10.4 Å². The van der Waals surface area contributed by atoms with E-state index in [1.807, 2.05) is 23.6 Å². The van der Waals surface area contributed by atoms with E-state index in [1.165, 1.54) is 12.1 Å². The number of rotatable bonds is 4. The number of allylic oxidation sites excluding steroid dienone is 1. The first-order chi connectivity index (χ1) is 10.6. The maximum Gasteiger partial charge on any atom is 0.195 e. The minimum absolute atomic E-state index is 0.0987. The van der Waals surface area contributed by atoms with Crippen LogP contribution in [-0.2, 0) is 6.54 Å². The minimum atomic E-state index is -0.346. The number of halogens is 1. The highest BCUT2D eigenvalue weighted by Gasteiger charge is 2.17. The molecular weight excluding hydrogens is 277 g/mol. The third kappa shape index (κ3) is 2.46. The van der Waals surface area contributed by atoms with Crippen LogP contribution in [0.4, 0.5) is 4.39 Å². The Morgan fingerprint density at radius 2 is 1.95 bits per heavy atom. The monoisotopic (exact) mass is 293 g/mol. The lowest BCUT2D eigenvalue weighted by Crippen LogP contribution is -2.00. The molecule has 0 atom stereocenters. The molecule has 110 valence electrons. The minimum Gasteiger partial charge on any atom is -0.343 e. The van der Waals surface area contributed by atoms with Crippen LogP contribution in [0.2, 0.25) is 0 Å². The van der Waals surface area contributed by atoms with Crippen molar-refractivity contribution in [1.82, 2.24) is 4.57 Å². The normalized spacial score (nSPS) is 10.8. The molecule has 2 aromatic carbocycles. The Balaban J connectivity index is 2.17. The highest BCUT2D eigenvalue weighted by molar-refractivity contribution is 6.16. The van der Waals surface area contributed by atoms with Crippen LogP contribution in [0, 0.1) is 12.7 Å². The van der Waals surface area contributed by atoms with Gasteiger partial charge in [-0.1, -0.05) is 35.9 Å². The Kier molecular flexibility index (Phi) is 3.63. The number of carbonyl (C=O) groups excluding carboxylic acids is 1. The van der Waals surface area contributed by atoms with Gasteiger partial charge < -0.3 is 4.57 Å². The molecule has 0 amide bonds. The molecule has 0 fully saturated rings. The fraction of sp³-hybridized carbons (Fsp3) is 0.105. The van der Waals surface area contributed by atoms with E-state index in [-0.39, 0.29) is 11.6 Å². The molecule has 0 aliphatic rings. The lowest BCUT2D eigenvalue weighted by molar-refractivity contribution is 0.104. The summed E-state index contributed by atoms with van der Waals surface area (Å²) < 4.78 is 15.5. The van der Waals surface area contributed by atoms with Gasteiger partial charge in [0.15, 0.2) is 5.78 Å². The summed E-state index contributed by atoms with van der Waals surface area (Å²) in [5, 5.41) is 0.632. The van der Waals surface area contributed by atoms with Crippen LogP contribution in [0.25, 0.3) is 10.9 Å². The van der Waals surface area contributed by atoms with Crippen molar-refractivity contribution in [2.24, 2.45) is 0 Å². The fourth-order valence-electron chi connectivity index (χ4n) is 2.60. The van der Waals surface area contributed by atoms with Crippen molar-refractivity contribution >= 4 is 16.7 Å². The lowest BCUT2D eigenvalue weighted by Gasteiger charge is -2.00. The largest absolute Gasteiger partial charge is 0.343 e. The van der Waals surface area contributed by atoms with Crippen molar-refractivity contribution in [2.75, 3.05) is 0 Å². The van der Waals surface area contributed by atoms with E-state index in [0.29, 0.717) is 23.1 Å². The number of carbonyl (C=O) groups is 1. The molecule has 0 unspecified atom stereocenters. The van der Waals surface area contributed by atoms with Crippen LogP contribution in [0.3, 0.4) is 0 Å². The lowest BCUT2D eigenvalue weighted by atomic mass is 10.0. The Labute approximate surface area is 128 Å². The van der Waals surface area contributed by atoms with Gasteiger partial charge in [-0.05, 0) is 25.1 Å². The second-order valence-corrected chi connectivity index (χ2v) is 5.34. The van der Waals surface area contributed by atoms with Gasteiger partial charge in [0, 0.05) is 34.8 Å². The van der Waals surface area contributed by atoms with Gasteiger partial charge in [0.2, 0.25) is 0 Å². The molecule has 3 rings (SSSR count). The molecule has 3 heteroatoms. The zero-order valence-electron chi connectivity index (χ0n) is 12.3. The first-order valence-corrected chi connectivity index (χ1v) is 7.11. The Morgan fingerprint density at radius 3 is 2.64 bits per heavy atom. The SMILES string of the molecule is C=CCn1cc(C(=O)c2ccc(C)cc2)c2cc(F)ccc21. The van der Waals surface area contributed by atoms with E-state index in [9.17, 15) is 9.18 Å². The number of ketones is 1. The van der Waals surface area contributed by atoms with Gasteiger partial charge in [-0.2, -0.15) is 0 Å². The summed E-state index contributed by atoms with van der Waals surface area (Å²) in [6.07, 6.45) is 3.52. The smallest absolute Gasteiger partial charge is 0.195 e. The number of benzene rings is 2. The number of nitrogens with zero attached hydrogens (tertiary/aromatic N) is 1. The molecule has 0 bridgehead atoms. The molecule has 1 heterocycles. The zero-order valence-corrected chi connectivity index (χ0v) is 12.3. The number of aromatic nitrogens is 1. The summed E-state index contributed by atoms with van der Waals surface area (Å²) in [6.45, 7) is 6.27. The van der Waals surface area contributed by atoms with Crippen molar-refractivity contribution in [2.45, 2.75) is 13.5 Å². The van der Waals surface area contributed by atoms with Crippen molar-refractivity contribution in [1.29, 1.82) is 0 Å². The molecule has 22 heavy (non-hydrogen) atoms. The number of fused-ring (bicyclic) bond motifs is 1. The molecule has 0 N–H and O–H groups in total. The predicted octanol–water partition coefficient (Wildman–Crippen LogP) is 4.51. The van der Waals surface area contributed by atoms with Crippen molar-refractivity contribution < 1.29 is 9.18 Å². The van der Waals surface area contributed by atoms with Gasteiger partial charge in [-0.25, -0.2) is 4.39 Å². The van der Waals surface area contributed by atoms with E-state index < -0.39 is 0 Å². The third-order valence-electron chi connectivity index (χ3n) is 3.73.